The van der Waals surface area contributed by atoms with E-state index >= 15 is 0 Å². The molecule has 0 aliphatic carbocycles. The van der Waals surface area contributed by atoms with Crippen LogP contribution in [0.5, 0.6) is 5.75 Å². The Balaban J connectivity index is 1.26. The quantitative estimate of drug-likeness (QED) is 0.553. The van der Waals surface area contributed by atoms with Crippen LogP contribution in [0.15, 0.2) is 76.5 Å². The Morgan fingerprint density at radius 3 is 2.53 bits per heavy atom. The number of piperidine rings is 1. The minimum atomic E-state index is -3.63. The van der Waals surface area contributed by atoms with Crippen molar-refractivity contribution in [1.29, 1.82) is 0 Å². The van der Waals surface area contributed by atoms with Gasteiger partial charge in [-0.3, -0.25) is 4.79 Å². The van der Waals surface area contributed by atoms with E-state index in [2.05, 4.69) is 15.5 Å². The Morgan fingerprint density at radius 1 is 0.941 bits per heavy atom. The number of amides is 1. The molecule has 1 saturated heterocycles. The summed E-state index contributed by atoms with van der Waals surface area (Å²) in [6.45, 7) is 2.61. The summed E-state index contributed by atoms with van der Waals surface area (Å²) >= 11 is 0. The van der Waals surface area contributed by atoms with Gasteiger partial charge in [-0.05, 0) is 73.4 Å². The Labute approximate surface area is 199 Å². The molecule has 0 atom stereocenters. The van der Waals surface area contributed by atoms with Crippen LogP contribution >= 0.6 is 0 Å². The highest BCUT2D eigenvalue weighted by molar-refractivity contribution is 7.91. The zero-order valence-electron chi connectivity index (χ0n) is 18.8. The predicted octanol–water partition coefficient (Wildman–Crippen LogP) is 4.20. The summed E-state index contributed by atoms with van der Waals surface area (Å²) in [6.07, 6.45) is 3.49. The van der Waals surface area contributed by atoms with E-state index in [0.29, 0.717) is 29.5 Å². The van der Waals surface area contributed by atoms with Gasteiger partial charge in [-0.2, -0.15) is 0 Å². The van der Waals surface area contributed by atoms with Crippen molar-refractivity contribution in [2.75, 3.05) is 30.0 Å². The molecule has 0 aromatic heterocycles. The minimum absolute atomic E-state index is 0.218. The Kier molecular flexibility index (Phi) is 6.15. The average Bonchev–Trinajstić information content (AvgIpc) is 3.36. The monoisotopic (exact) mass is 477 g/mol. The zero-order chi connectivity index (χ0) is 23.5. The van der Waals surface area contributed by atoms with Crippen LogP contribution in [-0.2, 0) is 16.4 Å². The van der Waals surface area contributed by atoms with Gasteiger partial charge in [0.15, 0.2) is 6.73 Å². The molecule has 0 radical (unpaired) electrons. The Hall–Kier alpha value is -3.52. The summed E-state index contributed by atoms with van der Waals surface area (Å²) in [6, 6.07) is 19.1. The molecule has 8 heteroatoms. The number of carbonyl (C=O) groups excluding carboxylic acids is 1. The van der Waals surface area contributed by atoms with Crippen LogP contribution in [0.4, 0.5) is 11.4 Å². The van der Waals surface area contributed by atoms with E-state index in [9.17, 15) is 13.2 Å². The second-order valence-electron chi connectivity index (χ2n) is 8.55. The van der Waals surface area contributed by atoms with E-state index in [4.69, 9.17) is 4.74 Å². The smallest absolute Gasteiger partial charge is 0.251 e. The fraction of sp³-hybridized carbons (Fsp3) is 0.269. The van der Waals surface area contributed by atoms with Gasteiger partial charge in [0.1, 0.15) is 5.75 Å². The van der Waals surface area contributed by atoms with Crippen LogP contribution in [0.25, 0.3) is 0 Å². The first kappa shape index (κ1) is 22.3. The lowest BCUT2D eigenvalue weighted by atomic mass is 10.1. The molecule has 2 N–H and O–H groups in total. The van der Waals surface area contributed by atoms with Crippen LogP contribution in [0.3, 0.4) is 0 Å². The Bertz CT molecular complexity index is 1300. The molecular formula is C26H27N3O4S. The molecule has 1 fully saturated rings. The molecule has 2 heterocycles. The summed E-state index contributed by atoms with van der Waals surface area (Å²) in [7, 11) is -3.63. The lowest BCUT2D eigenvalue weighted by Gasteiger charge is -2.29. The second kappa shape index (κ2) is 9.38. The number of nitrogens with one attached hydrogen (secondary N) is 2. The standard InChI is InChI=1S/C26H27N3O4S/c30-26(20-9-12-24-25(15-20)33-18-28-24)27-17-19-7-10-22(11-8-19)34(31,32)23-6-4-5-21(16-23)29-13-2-1-3-14-29/h4-12,15-16,28H,1-3,13-14,17-18H2,(H,27,30). The average molecular weight is 478 g/mol. The molecule has 2 aliphatic heterocycles. The summed E-state index contributed by atoms with van der Waals surface area (Å²) in [5.74, 6) is 0.441. The molecule has 7 nitrogen and oxygen atoms in total. The van der Waals surface area contributed by atoms with E-state index in [-0.39, 0.29) is 10.8 Å². The fourth-order valence-corrected chi connectivity index (χ4v) is 5.63. The van der Waals surface area contributed by atoms with Gasteiger partial charge < -0.3 is 20.3 Å². The molecule has 0 saturated carbocycles. The highest BCUT2D eigenvalue weighted by Crippen LogP contribution is 2.30. The number of sulfone groups is 1. The van der Waals surface area contributed by atoms with Crippen LogP contribution in [0, 0.1) is 0 Å². The first-order valence-electron chi connectivity index (χ1n) is 11.5. The van der Waals surface area contributed by atoms with Crippen molar-refractivity contribution in [3.8, 4) is 5.75 Å². The zero-order valence-corrected chi connectivity index (χ0v) is 19.6. The minimum Gasteiger partial charge on any atom is -0.471 e. The molecule has 3 aromatic carbocycles. The number of benzene rings is 3. The van der Waals surface area contributed by atoms with Crippen molar-refractivity contribution in [3.63, 3.8) is 0 Å². The van der Waals surface area contributed by atoms with Crippen LogP contribution < -0.4 is 20.3 Å². The molecule has 176 valence electrons. The van der Waals surface area contributed by atoms with E-state index in [1.165, 1.54) is 6.42 Å². The van der Waals surface area contributed by atoms with Gasteiger partial charge in [-0.1, -0.05) is 18.2 Å². The summed E-state index contributed by atoms with van der Waals surface area (Å²) in [5, 5.41) is 5.94. The third kappa shape index (κ3) is 4.59. The van der Waals surface area contributed by atoms with Crippen molar-refractivity contribution in [2.45, 2.75) is 35.6 Å². The van der Waals surface area contributed by atoms with Crippen LogP contribution in [-0.4, -0.2) is 34.1 Å². The highest BCUT2D eigenvalue weighted by atomic mass is 32.2. The second-order valence-corrected chi connectivity index (χ2v) is 10.5. The maximum atomic E-state index is 13.2. The summed E-state index contributed by atoms with van der Waals surface area (Å²) < 4.78 is 31.9. The molecular weight excluding hydrogens is 450 g/mol. The highest BCUT2D eigenvalue weighted by Gasteiger charge is 2.20. The molecule has 1 amide bonds. The number of nitrogens with zero attached hydrogens (tertiary/aromatic N) is 1. The molecule has 3 aromatic rings. The number of hydrogen-bond acceptors (Lipinski definition) is 6. The topological polar surface area (TPSA) is 87.7 Å². The van der Waals surface area contributed by atoms with Crippen molar-refractivity contribution < 1.29 is 17.9 Å². The van der Waals surface area contributed by atoms with E-state index < -0.39 is 9.84 Å². The van der Waals surface area contributed by atoms with Gasteiger partial charge in [-0.25, -0.2) is 8.42 Å². The molecule has 0 bridgehead atoms. The number of hydrogen-bond donors (Lipinski definition) is 2. The van der Waals surface area contributed by atoms with Gasteiger partial charge in [0.25, 0.3) is 5.91 Å². The molecule has 2 aliphatic rings. The van der Waals surface area contributed by atoms with Gasteiger partial charge in [0.05, 0.1) is 15.5 Å². The van der Waals surface area contributed by atoms with Gasteiger partial charge in [0, 0.05) is 30.9 Å². The van der Waals surface area contributed by atoms with Crippen LogP contribution in [0.1, 0.15) is 35.2 Å². The van der Waals surface area contributed by atoms with Crippen LogP contribution in [0.2, 0.25) is 0 Å². The fourth-order valence-electron chi connectivity index (χ4n) is 4.33. The van der Waals surface area contributed by atoms with Gasteiger partial charge in [-0.15, -0.1) is 0 Å². The number of anilines is 2. The molecule has 5 rings (SSSR count). The van der Waals surface area contributed by atoms with Gasteiger partial charge in [0.2, 0.25) is 9.84 Å². The number of rotatable bonds is 6. The normalized spacial score (nSPS) is 15.2. The molecule has 0 spiro atoms. The number of ether oxygens (including phenoxy) is 1. The number of fused-ring (bicyclic) bond motifs is 1. The maximum absolute atomic E-state index is 13.2. The van der Waals surface area contributed by atoms with Gasteiger partial charge >= 0.3 is 0 Å². The van der Waals surface area contributed by atoms with Crippen molar-refractivity contribution in [3.05, 3.63) is 77.9 Å². The van der Waals surface area contributed by atoms with Crippen molar-refractivity contribution in [2.24, 2.45) is 0 Å². The maximum Gasteiger partial charge on any atom is 0.251 e. The third-order valence-corrected chi connectivity index (χ3v) is 8.04. The predicted molar refractivity (Wildman–Crippen MR) is 131 cm³/mol. The largest absolute Gasteiger partial charge is 0.471 e. The van der Waals surface area contributed by atoms with E-state index in [0.717, 1.165) is 42.9 Å². The molecule has 0 unspecified atom stereocenters. The summed E-state index contributed by atoms with van der Waals surface area (Å²) in [4.78, 5) is 15.3. The van der Waals surface area contributed by atoms with Crippen molar-refractivity contribution in [1.82, 2.24) is 5.32 Å². The lowest BCUT2D eigenvalue weighted by molar-refractivity contribution is 0.0950. The molecule has 34 heavy (non-hydrogen) atoms. The van der Waals surface area contributed by atoms with E-state index in [1.54, 1.807) is 54.6 Å². The number of carbonyl (C=O) groups is 1. The van der Waals surface area contributed by atoms with Crippen molar-refractivity contribution >= 4 is 27.1 Å². The SMILES string of the molecule is O=C(NCc1ccc(S(=O)(=O)c2cccc(N3CCCCC3)c2)cc1)c1ccc2c(c1)OCN2. The first-order valence-corrected chi connectivity index (χ1v) is 13.0. The first-order chi connectivity index (χ1) is 16.5. The third-order valence-electron chi connectivity index (χ3n) is 6.27. The lowest BCUT2D eigenvalue weighted by Crippen LogP contribution is -2.29. The van der Waals surface area contributed by atoms with E-state index in [1.807, 2.05) is 12.1 Å². The Morgan fingerprint density at radius 2 is 1.74 bits per heavy atom. The summed E-state index contributed by atoms with van der Waals surface area (Å²) in [5.41, 5.74) is 3.14.